The minimum atomic E-state index is -0.330. The van der Waals surface area contributed by atoms with Crippen LogP contribution in [0.15, 0.2) is 60.8 Å². The SMILES string of the molecule is COc1ccc(-c2ccnc(N(O)CCNC(=O)COCc3ccc(F)cc3)n2)cc1. The summed E-state index contributed by atoms with van der Waals surface area (Å²) in [6.07, 6.45) is 1.55. The third kappa shape index (κ3) is 6.73. The summed E-state index contributed by atoms with van der Waals surface area (Å²) < 4.78 is 23.3. The van der Waals surface area contributed by atoms with Gasteiger partial charge in [-0.25, -0.2) is 19.4 Å². The molecule has 0 saturated heterocycles. The highest BCUT2D eigenvalue weighted by atomic mass is 19.1. The van der Waals surface area contributed by atoms with Gasteiger partial charge in [-0.2, -0.15) is 0 Å². The van der Waals surface area contributed by atoms with E-state index in [1.165, 1.54) is 12.1 Å². The predicted octanol–water partition coefficient (Wildman–Crippen LogP) is 2.82. The lowest BCUT2D eigenvalue weighted by atomic mass is 10.1. The Hall–Kier alpha value is -3.56. The molecular weight excluding hydrogens is 403 g/mol. The molecule has 0 atom stereocenters. The summed E-state index contributed by atoms with van der Waals surface area (Å²) in [4.78, 5) is 20.3. The van der Waals surface area contributed by atoms with Crippen molar-refractivity contribution < 1.29 is 23.9 Å². The molecule has 0 aliphatic heterocycles. The number of nitrogens with zero attached hydrogens (tertiary/aromatic N) is 3. The molecular formula is C22H23FN4O4. The number of ether oxygens (including phenoxy) is 2. The number of hydrogen-bond acceptors (Lipinski definition) is 7. The number of rotatable bonds is 10. The summed E-state index contributed by atoms with van der Waals surface area (Å²) in [5, 5.41) is 13.7. The van der Waals surface area contributed by atoms with Crippen molar-refractivity contribution in [1.82, 2.24) is 15.3 Å². The number of carbonyl (C=O) groups excluding carboxylic acids is 1. The van der Waals surface area contributed by atoms with Gasteiger partial charge in [0.2, 0.25) is 11.9 Å². The second-order valence-corrected chi connectivity index (χ2v) is 6.56. The summed E-state index contributed by atoms with van der Waals surface area (Å²) in [5.74, 6) is 0.200. The van der Waals surface area contributed by atoms with Crippen molar-refractivity contribution in [2.24, 2.45) is 0 Å². The van der Waals surface area contributed by atoms with Gasteiger partial charge in [-0.15, -0.1) is 0 Å². The normalized spacial score (nSPS) is 10.5. The lowest BCUT2D eigenvalue weighted by Gasteiger charge is -2.16. The topological polar surface area (TPSA) is 96.8 Å². The average molecular weight is 426 g/mol. The second-order valence-electron chi connectivity index (χ2n) is 6.56. The fourth-order valence-electron chi connectivity index (χ4n) is 2.69. The van der Waals surface area contributed by atoms with Crippen LogP contribution in [0, 0.1) is 5.82 Å². The van der Waals surface area contributed by atoms with Crippen LogP contribution in [0.5, 0.6) is 5.75 Å². The van der Waals surface area contributed by atoms with Crippen LogP contribution in [0.3, 0.4) is 0 Å². The van der Waals surface area contributed by atoms with Crippen molar-refractivity contribution in [1.29, 1.82) is 0 Å². The largest absolute Gasteiger partial charge is 0.497 e. The minimum absolute atomic E-state index is 0.0930. The van der Waals surface area contributed by atoms with E-state index >= 15 is 0 Å². The van der Waals surface area contributed by atoms with Crippen LogP contribution >= 0.6 is 0 Å². The standard InChI is InChI=1S/C22H23FN4O4/c1-30-19-8-4-17(5-9-19)20-10-11-25-22(26-20)27(29)13-12-24-21(28)15-31-14-16-2-6-18(23)7-3-16/h2-11,29H,12-15H2,1H3,(H,24,28). The van der Waals surface area contributed by atoms with E-state index in [-0.39, 0.29) is 44.0 Å². The van der Waals surface area contributed by atoms with Crippen LogP contribution in [0.1, 0.15) is 5.56 Å². The van der Waals surface area contributed by atoms with E-state index < -0.39 is 0 Å². The number of halogens is 1. The quantitative estimate of drug-likeness (QED) is 0.481. The van der Waals surface area contributed by atoms with Gasteiger partial charge in [-0.1, -0.05) is 12.1 Å². The number of aromatic nitrogens is 2. The molecule has 0 bridgehead atoms. The Labute approximate surface area is 179 Å². The van der Waals surface area contributed by atoms with Crippen molar-refractivity contribution in [2.45, 2.75) is 6.61 Å². The van der Waals surface area contributed by atoms with Crippen LogP contribution in [0.4, 0.5) is 10.3 Å². The summed E-state index contributed by atoms with van der Waals surface area (Å²) in [5.41, 5.74) is 2.26. The zero-order valence-electron chi connectivity index (χ0n) is 17.0. The number of methoxy groups -OCH3 is 1. The molecule has 0 fully saturated rings. The van der Waals surface area contributed by atoms with Crippen LogP contribution in [0.2, 0.25) is 0 Å². The predicted molar refractivity (Wildman–Crippen MR) is 112 cm³/mol. The zero-order chi connectivity index (χ0) is 22.1. The van der Waals surface area contributed by atoms with Gasteiger partial charge in [-0.3, -0.25) is 10.0 Å². The van der Waals surface area contributed by atoms with E-state index in [1.54, 1.807) is 31.5 Å². The maximum Gasteiger partial charge on any atom is 0.250 e. The third-order valence-corrected chi connectivity index (χ3v) is 4.32. The molecule has 162 valence electrons. The number of hydrogen-bond donors (Lipinski definition) is 2. The zero-order valence-corrected chi connectivity index (χ0v) is 17.0. The molecule has 8 nitrogen and oxygen atoms in total. The van der Waals surface area contributed by atoms with Crippen LogP contribution < -0.4 is 15.1 Å². The Balaban J connectivity index is 1.43. The summed E-state index contributed by atoms with van der Waals surface area (Å²) in [6, 6.07) is 15.0. The Morgan fingerprint density at radius 1 is 1.13 bits per heavy atom. The van der Waals surface area contributed by atoms with E-state index in [0.717, 1.165) is 21.9 Å². The van der Waals surface area contributed by atoms with Gasteiger partial charge < -0.3 is 14.8 Å². The molecule has 0 unspecified atom stereocenters. The number of benzene rings is 2. The Bertz CT molecular complexity index is 984. The van der Waals surface area contributed by atoms with Crippen LogP contribution in [0.25, 0.3) is 11.3 Å². The van der Waals surface area contributed by atoms with E-state index in [2.05, 4.69) is 15.3 Å². The van der Waals surface area contributed by atoms with Gasteiger partial charge in [0.1, 0.15) is 18.2 Å². The molecule has 9 heteroatoms. The second kappa shape index (κ2) is 11.0. The van der Waals surface area contributed by atoms with Gasteiger partial charge in [0, 0.05) is 18.3 Å². The van der Waals surface area contributed by atoms with Crippen molar-refractivity contribution in [3.8, 4) is 17.0 Å². The van der Waals surface area contributed by atoms with Crippen molar-refractivity contribution in [2.75, 3.05) is 31.9 Å². The van der Waals surface area contributed by atoms with E-state index in [9.17, 15) is 14.4 Å². The first-order valence-electron chi connectivity index (χ1n) is 9.58. The molecule has 2 aromatic carbocycles. The summed E-state index contributed by atoms with van der Waals surface area (Å²) in [6.45, 7) is 0.319. The number of carbonyl (C=O) groups is 1. The Morgan fingerprint density at radius 3 is 2.58 bits per heavy atom. The molecule has 0 aliphatic rings. The van der Waals surface area contributed by atoms with Crippen molar-refractivity contribution in [3.63, 3.8) is 0 Å². The fourth-order valence-corrected chi connectivity index (χ4v) is 2.69. The van der Waals surface area contributed by atoms with Gasteiger partial charge in [0.05, 0.1) is 26.0 Å². The van der Waals surface area contributed by atoms with Crippen LogP contribution in [-0.4, -0.2) is 47.9 Å². The highest BCUT2D eigenvalue weighted by molar-refractivity contribution is 5.77. The molecule has 0 radical (unpaired) electrons. The minimum Gasteiger partial charge on any atom is -0.497 e. The van der Waals surface area contributed by atoms with Crippen molar-refractivity contribution in [3.05, 3.63) is 72.2 Å². The number of nitrogens with one attached hydrogen (secondary N) is 1. The monoisotopic (exact) mass is 426 g/mol. The molecule has 1 heterocycles. The Morgan fingerprint density at radius 2 is 1.87 bits per heavy atom. The summed E-state index contributed by atoms with van der Waals surface area (Å²) >= 11 is 0. The molecule has 1 amide bonds. The summed E-state index contributed by atoms with van der Waals surface area (Å²) in [7, 11) is 1.60. The molecule has 0 saturated carbocycles. The van der Waals surface area contributed by atoms with E-state index in [0.29, 0.717) is 5.69 Å². The highest BCUT2D eigenvalue weighted by Gasteiger charge is 2.10. The first kappa shape index (κ1) is 22.1. The first-order valence-corrected chi connectivity index (χ1v) is 9.58. The molecule has 0 aliphatic carbocycles. The molecule has 3 aromatic rings. The van der Waals surface area contributed by atoms with Crippen molar-refractivity contribution >= 4 is 11.9 Å². The maximum absolute atomic E-state index is 12.9. The average Bonchev–Trinajstić information content (AvgIpc) is 2.80. The molecule has 31 heavy (non-hydrogen) atoms. The third-order valence-electron chi connectivity index (χ3n) is 4.32. The van der Waals surface area contributed by atoms with E-state index in [4.69, 9.17) is 9.47 Å². The van der Waals surface area contributed by atoms with Gasteiger partial charge in [0.25, 0.3) is 0 Å². The molecule has 1 aromatic heterocycles. The molecule has 3 rings (SSSR count). The van der Waals surface area contributed by atoms with Gasteiger partial charge >= 0.3 is 0 Å². The molecule has 0 spiro atoms. The Kier molecular flexibility index (Phi) is 7.85. The first-order chi connectivity index (χ1) is 15.0. The number of anilines is 1. The smallest absolute Gasteiger partial charge is 0.250 e. The van der Waals surface area contributed by atoms with Gasteiger partial charge in [0.15, 0.2) is 0 Å². The lowest BCUT2D eigenvalue weighted by Crippen LogP contribution is -2.35. The number of hydroxylamine groups is 1. The fraction of sp³-hybridized carbons (Fsp3) is 0.227. The number of amides is 1. The highest BCUT2D eigenvalue weighted by Crippen LogP contribution is 2.21. The van der Waals surface area contributed by atoms with Crippen LogP contribution in [-0.2, 0) is 16.1 Å². The van der Waals surface area contributed by atoms with Gasteiger partial charge in [-0.05, 0) is 48.0 Å². The van der Waals surface area contributed by atoms with E-state index in [1.807, 2.05) is 24.3 Å². The lowest BCUT2D eigenvalue weighted by molar-refractivity contribution is -0.126. The maximum atomic E-state index is 12.9. The molecule has 2 N–H and O–H groups in total.